The first-order chi connectivity index (χ1) is 17.5. The van der Waals surface area contributed by atoms with E-state index in [0.717, 1.165) is 41.5 Å². The van der Waals surface area contributed by atoms with Crippen molar-refractivity contribution >= 4 is 22.6 Å². The second kappa shape index (κ2) is 10.9. The molecule has 1 aliphatic rings. The number of hydrogen-bond donors (Lipinski definition) is 2. The molecule has 0 saturated heterocycles. The molecule has 0 bridgehead atoms. The van der Waals surface area contributed by atoms with Crippen LogP contribution in [0.1, 0.15) is 82.0 Å². The Kier molecular flexibility index (Phi) is 7.86. The number of pyridine rings is 1. The molecule has 0 spiro atoms. The van der Waals surface area contributed by atoms with Gasteiger partial charge in [-0.15, -0.1) is 0 Å². The minimum Gasteiger partial charge on any atom is -0.480 e. The number of ether oxygens (including phenoxy) is 1. The van der Waals surface area contributed by atoms with Gasteiger partial charge >= 0.3 is 5.97 Å². The number of amides is 1. The average Bonchev–Trinajstić information content (AvgIpc) is 3.35. The van der Waals surface area contributed by atoms with Gasteiger partial charge in [-0.05, 0) is 65.0 Å². The zero-order chi connectivity index (χ0) is 26.7. The zero-order valence-corrected chi connectivity index (χ0v) is 22.5. The molecule has 1 aromatic heterocycles. The Morgan fingerprint density at radius 2 is 1.68 bits per heavy atom. The van der Waals surface area contributed by atoms with Crippen molar-refractivity contribution in [1.82, 2.24) is 10.3 Å². The van der Waals surface area contributed by atoms with E-state index in [2.05, 4.69) is 38.2 Å². The number of carboxylic acids is 1. The topological polar surface area (TPSA) is 88.5 Å². The van der Waals surface area contributed by atoms with E-state index < -0.39 is 17.9 Å². The third kappa shape index (κ3) is 6.48. The highest BCUT2D eigenvalue weighted by atomic mass is 16.5. The van der Waals surface area contributed by atoms with Gasteiger partial charge in [-0.25, -0.2) is 9.78 Å². The van der Waals surface area contributed by atoms with Crippen molar-refractivity contribution < 1.29 is 19.4 Å². The van der Waals surface area contributed by atoms with Crippen molar-refractivity contribution in [3.05, 3.63) is 65.5 Å². The Labute approximate surface area is 219 Å². The van der Waals surface area contributed by atoms with Crippen LogP contribution in [-0.2, 0) is 16.6 Å². The number of aliphatic carboxylic acids is 1. The Balaban J connectivity index is 1.66. The Hall–Kier alpha value is -3.41. The lowest BCUT2D eigenvalue weighted by Crippen LogP contribution is -2.44. The number of rotatable bonds is 8. The molecule has 1 heterocycles. The molecule has 37 heavy (non-hydrogen) atoms. The van der Waals surface area contributed by atoms with Crippen molar-refractivity contribution in [1.29, 1.82) is 0 Å². The molecule has 1 amide bonds. The molecular weight excluding hydrogens is 464 g/mol. The highest BCUT2D eigenvalue weighted by molar-refractivity contribution is 5.99. The summed E-state index contributed by atoms with van der Waals surface area (Å²) >= 11 is 0. The van der Waals surface area contributed by atoms with E-state index in [1.165, 1.54) is 18.4 Å². The second-order valence-electron chi connectivity index (χ2n) is 11.6. The molecule has 1 fully saturated rings. The van der Waals surface area contributed by atoms with E-state index in [1.54, 1.807) is 19.9 Å². The van der Waals surface area contributed by atoms with Crippen LogP contribution in [0, 0.1) is 11.8 Å². The maximum atomic E-state index is 13.0. The maximum absolute atomic E-state index is 13.0. The van der Waals surface area contributed by atoms with Gasteiger partial charge < -0.3 is 15.2 Å². The quantitative estimate of drug-likeness (QED) is 0.350. The number of carbonyl (C=O) groups is 2. The van der Waals surface area contributed by atoms with Crippen LogP contribution in [0.3, 0.4) is 0 Å². The summed E-state index contributed by atoms with van der Waals surface area (Å²) in [4.78, 5) is 29.4. The first-order valence-electron chi connectivity index (χ1n) is 13.3. The molecule has 1 saturated carbocycles. The molecule has 2 aromatic carbocycles. The molecule has 1 aliphatic carbocycles. The second-order valence-corrected chi connectivity index (χ2v) is 11.6. The van der Waals surface area contributed by atoms with Gasteiger partial charge in [0.2, 0.25) is 0 Å². The number of carboxylic acid groups (broad SMARTS) is 1. The lowest BCUT2D eigenvalue weighted by Gasteiger charge is -2.19. The normalized spacial score (nSPS) is 15.2. The molecule has 6 nitrogen and oxygen atoms in total. The number of hydrogen-bond acceptors (Lipinski definition) is 4. The molecule has 2 N–H and O–H groups in total. The number of nitrogens with zero attached hydrogens (tertiary/aromatic N) is 1. The standard InChI is InChI=1S/C31H38N2O4/c1-19(2)28(30(35)36)33-29(34)27-17-21-10-13-24(37-23-14-11-22(12-15-23)31(3,4)5)18-25(21)26(32-27)16-20-8-6-7-9-20/h10-15,17-20,28H,6-9,16H2,1-5H3,(H,33,34)(H,35,36)/t28-/m0/s1. The minimum absolute atomic E-state index is 0.0753. The number of nitrogens with one attached hydrogen (secondary N) is 1. The van der Waals surface area contributed by atoms with E-state index in [-0.39, 0.29) is 17.0 Å². The minimum atomic E-state index is -1.05. The number of aromatic nitrogens is 1. The van der Waals surface area contributed by atoms with Crippen LogP contribution < -0.4 is 10.1 Å². The van der Waals surface area contributed by atoms with E-state index >= 15 is 0 Å². The van der Waals surface area contributed by atoms with Crippen LogP contribution in [0.5, 0.6) is 11.5 Å². The van der Waals surface area contributed by atoms with Crippen LogP contribution >= 0.6 is 0 Å². The van der Waals surface area contributed by atoms with Gasteiger partial charge in [0, 0.05) is 11.1 Å². The molecule has 0 radical (unpaired) electrons. The fourth-order valence-electron chi connectivity index (χ4n) is 5.01. The van der Waals surface area contributed by atoms with Crippen LogP contribution in [0.15, 0.2) is 48.5 Å². The molecule has 6 heteroatoms. The first kappa shape index (κ1) is 26.6. The fraction of sp³-hybridized carbons (Fsp3) is 0.452. The lowest BCUT2D eigenvalue weighted by molar-refractivity contribution is -0.140. The summed E-state index contributed by atoms with van der Waals surface area (Å²) in [7, 11) is 0. The predicted molar refractivity (Wildman–Crippen MR) is 146 cm³/mol. The molecule has 1 atom stereocenters. The van der Waals surface area contributed by atoms with Crippen molar-refractivity contribution in [3.8, 4) is 11.5 Å². The van der Waals surface area contributed by atoms with E-state index in [0.29, 0.717) is 11.7 Å². The van der Waals surface area contributed by atoms with Gasteiger partial charge in [0.15, 0.2) is 0 Å². The smallest absolute Gasteiger partial charge is 0.326 e. The summed E-state index contributed by atoms with van der Waals surface area (Å²) in [6, 6.07) is 14.8. The summed E-state index contributed by atoms with van der Waals surface area (Å²) < 4.78 is 6.19. The van der Waals surface area contributed by atoms with Crippen molar-refractivity contribution in [2.24, 2.45) is 11.8 Å². The molecule has 4 rings (SSSR count). The summed E-state index contributed by atoms with van der Waals surface area (Å²) in [5.41, 5.74) is 2.43. The Bertz CT molecular complexity index is 1270. The highest BCUT2D eigenvalue weighted by Gasteiger charge is 2.26. The zero-order valence-electron chi connectivity index (χ0n) is 22.5. The van der Waals surface area contributed by atoms with Gasteiger partial charge in [-0.2, -0.15) is 0 Å². The molecule has 196 valence electrons. The molecular formula is C31H38N2O4. The van der Waals surface area contributed by atoms with Crippen LogP contribution in [-0.4, -0.2) is 28.0 Å². The lowest BCUT2D eigenvalue weighted by atomic mass is 9.87. The van der Waals surface area contributed by atoms with Crippen LogP contribution in [0.2, 0.25) is 0 Å². The maximum Gasteiger partial charge on any atom is 0.326 e. The summed E-state index contributed by atoms with van der Waals surface area (Å²) in [6.07, 6.45) is 5.54. The number of benzene rings is 2. The van der Waals surface area contributed by atoms with Gasteiger partial charge in [0.25, 0.3) is 5.91 Å². The largest absolute Gasteiger partial charge is 0.480 e. The van der Waals surface area contributed by atoms with Crippen LogP contribution in [0.4, 0.5) is 0 Å². The van der Waals surface area contributed by atoms with E-state index in [1.807, 2.05) is 30.3 Å². The summed E-state index contributed by atoms with van der Waals surface area (Å²) in [5, 5.41) is 14.0. The average molecular weight is 503 g/mol. The predicted octanol–water partition coefficient (Wildman–Crippen LogP) is 6.90. The Morgan fingerprint density at radius 3 is 2.27 bits per heavy atom. The van der Waals surface area contributed by atoms with Crippen LogP contribution in [0.25, 0.3) is 10.8 Å². The van der Waals surface area contributed by atoms with Crippen molar-refractivity contribution in [3.63, 3.8) is 0 Å². The van der Waals surface area contributed by atoms with Crippen molar-refractivity contribution in [2.45, 2.75) is 78.2 Å². The van der Waals surface area contributed by atoms with Gasteiger partial charge in [0.05, 0.1) is 0 Å². The monoisotopic (exact) mass is 502 g/mol. The molecule has 0 aliphatic heterocycles. The van der Waals surface area contributed by atoms with E-state index in [4.69, 9.17) is 9.72 Å². The first-order valence-corrected chi connectivity index (χ1v) is 13.3. The fourth-order valence-corrected chi connectivity index (χ4v) is 5.01. The summed E-state index contributed by atoms with van der Waals surface area (Å²) in [6.45, 7) is 10.1. The van der Waals surface area contributed by atoms with Crippen molar-refractivity contribution in [2.75, 3.05) is 0 Å². The number of fused-ring (bicyclic) bond motifs is 1. The molecule has 3 aromatic rings. The van der Waals surface area contributed by atoms with E-state index in [9.17, 15) is 14.7 Å². The SMILES string of the molecule is CC(C)[C@H](NC(=O)c1cc2ccc(Oc3ccc(C(C)(C)C)cc3)cc2c(CC2CCCC2)n1)C(=O)O. The highest BCUT2D eigenvalue weighted by Crippen LogP contribution is 2.33. The van der Waals surface area contributed by atoms with Gasteiger partial charge in [0.1, 0.15) is 23.2 Å². The van der Waals surface area contributed by atoms with Gasteiger partial charge in [-0.3, -0.25) is 4.79 Å². The number of carbonyl (C=O) groups excluding carboxylic acids is 1. The molecule has 0 unspecified atom stereocenters. The summed E-state index contributed by atoms with van der Waals surface area (Å²) in [5.74, 6) is 0.265. The Morgan fingerprint density at radius 1 is 1.03 bits per heavy atom. The third-order valence-electron chi connectivity index (χ3n) is 7.25. The third-order valence-corrected chi connectivity index (χ3v) is 7.25. The van der Waals surface area contributed by atoms with Gasteiger partial charge in [-0.1, -0.05) is 78.5 Å².